The lowest BCUT2D eigenvalue weighted by atomic mass is 9.66. The van der Waals surface area contributed by atoms with E-state index in [1.54, 1.807) is 0 Å². The molecule has 0 amide bonds. The van der Waals surface area contributed by atoms with Gasteiger partial charge in [-0.1, -0.05) is 82.1 Å². The first kappa shape index (κ1) is 20.2. The molecular weight excluding hydrogens is 356 g/mol. The molecule has 1 aliphatic carbocycles. The van der Waals surface area contributed by atoms with Crippen molar-refractivity contribution in [2.45, 2.75) is 82.0 Å². The van der Waals surface area contributed by atoms with Crippen LogP contribution in [0.15, 0.2) is 30.3 Å². The summed E-state index contributed by atoms with van der Waals surface area (Å²) in [6, 6.07) is 13.3. The fraction of sp³-hybridized carbons (Fsp3) is 0.682. The third-order valence-electron chi connectivity index (χ3n) is 7.08. The quantitative estimate of drug-likeness (QED) is 0.543. The highest BCUT2D eigenvalue weighted by Crippen LogP contribution is 2.49. The summed E-state index contributed by atoms with van der Waals surface area (Å²) in [5.41, 5.74) is 1.66. The van der Waals surface area contributed by atoms with Crippen molar-refractivity contribution in [3.8, 4) is 0 Å². The Bertz CT molecular complexity index is 612. The Morgan fingerprint density at radius 3 is 2.38 bits per heavy atom. The number of hydrogen-bond donors (Lipinski definition) is 0. The predicted molar refractivity (Wildman–Crippen MR) is 114 cm³/mol. The van der Waals surface area contributed by atoms with Gasteiger partial charge in [-0.25, -0.2) is 0 Å². The maximum absolute atomic E-state index is 12.4. The lowest BCUT2D eigenvalue weighted by molar-refractivity contribution is -0.111. The molecule has 26 heavy (non-hydrogen) atoms. The van der Waals surface area contributed by atoms with Crippen LogP contribution in [-0.2, 0) is 14.6 Å². The van der Waals surface area contributed by atoms with E-state index >= 15 is 0 Å². The first-order valence-corrected chi connectivity index (χ1v) is 13.8. The van der Waals surface area contributed by atoms with E-state index in [9.17, 15) is 4.79 Å². The third-order valence-corrected chi connectivity index (χ3v) is 13.1. The number of thioether (sulfide) groups is 1. The molecule has 2 aliphatic rings. The summed E-state index contributed by atoms with van der Waals surface area (Å²) in [7, 11) is -1.91. The molecule has 1 aliphatic heterocycles. The fourth-order valence-electron chi connectivity index (χ4n) is 5.02. The van der Waals surface area contributed by atoms with Crippen molar-refractivity contribution in [3.05, 3.63) is 35.9 Å². The topological polar surface area (TPSA) is 26.3 Å². The molecule has 3 atom stereocenters. The molecule has 0 bridgehead atoms. The van der Waals surface area contributed by atoms with Gasteiger partial charge < -0.3 is 4.43 Å². The summed E-state index contributed by atoms with van der Waals surface area (Å²) >= 11 is 1.39. The number of benzene rings is 1. The SMILES string of the molecule is CSC(=O)C(C)[Si]1(O[C@@H]2CCCC[C@H]2C(C)(C)c2ccccc2)CCC1. The van der Waals surface area contributed by atoms with Gasteiger partial charge >= 0.3 is 0 Å². The van der Waals surface area contributed by atoms with Crippen LogP contribution in [0.1, 0.15) is 58.4 Å². The van der Waals surface area contributed by atoms with Gasteiger partial charge in [-0.15, -0.1) is 0 Å². The van der Waals surface area contributed by atoms with E-state index in [1.165, 1.54) is 55.1 Å². The second-order valence-electron chi connectivity index (χ2n) is 8.80. The Balaban J connectivity index is 1.82. The summed E-state index contributed by atoms with van der Waals surface area (Å²) in [6.45, 7) is 6.92. The van der Waals surface area contributed by atoms with Gasteiger partial charge in [-0.3, -0.25) is 4.79 Å². The smallest absolute Gasteiger partial charge is 0.204 e. The minimum Gasteiger partial charge on any atom is -0.413 e. The zero-order valence-electron chi connectivity index (χ0n) is 16.8. The van der Waals surface area contributed by atoms with Crippen LogP contribution < -0.4 is 0 Å². The van der Waals surface area contributed by atoms with E-state index in [0.29, 0.717) is 17.1 Å². The number of rotatable bonds is 6. The highest BCUT2D eigenvalue weighted by atomic mass is 32.2. The van der Waals surface area contributed by atoms with Crippen molar-refractivity contribution in [1.82, 2.24) is 0 Å². The van der Waals surface area contributed by atoms with E-state index in [2.05, 4.69) is 51.1 Å². The van der Waals surface area contributed by atoms with E-state index in [0.717, 1.165) is 6.42 Å². The monoisotopic (exact) mass is 390 g/mol. The molecule has 1 saturated heterocycles. The van der Waals surface area contributed by atoms with E-state index in [-0.39, 0.29) is 11.0 Å². The van der Waals surface area contributed by atoms with E-state index < -0.39 is 8.32 Å². The Kier molecular flexibility index (Phi) is 6.36. The molecule has 1 aromatic rings. The second-order valence-corrected chi connectivity index (χ2v) is 13.8. The Labute approximate surface area is 164 Å². The molecule has 2 nitrogen and oxygen atoms in total. The lowest BCUT2D eigenvalue weighted by Gasteiger charge is -2.50. The molecule has 0 aromatic heterocycles. The fourth-order valence-corrected chi connectivity index (χ4v) is 10.0. The standard InChI is InChI=1S/C22H34O2SSi/c1-17(21(23)25-4)26(15-10-16-26)24-20-14-9-8-13-19(20)22(2,3)18-11-6-5-7-12-18/h5-7,11-12,17,19-20H,8-10,13-16H2,1-4H3/t17?,19-,20-/m1/s1. The van der Waals surface area contributed by atoms with E-state index in [1.807, 2.05) is 6.26 Å². The average molecular weight is 391 g/mol. The first-order valence-electron chi connectivity index (χ1n) is 10.2. The second kappa shape index (κ2) is 8.20. The van der Waals surface area contributed by atoms with Crippen LogP contribution >= 0.6 is 11.8 Å². The molecule has 0 spiro atoms. The van der Waals surface area contributed by atoms with Crippen molar-refractivity contribution < 1.29 is 9.22 Å². The van der Waals surface area contributed by atoms with Gasteiger partial charge in [0.15, 0.2) is 5.12 Å². The molecule has 1 aromatic carbocycles. The van der Waals surface area contributed by atoms with Crippen LogP contribution in [0.4, 0.5) is 0 Å². The van der Waals surface area contributed by atoms with Gasteiger partial charge in [-0.2, -0.15) is 0 Å². The summed E-state index contributed by atoms with van der Waals surface area (Å²) in [4.78, 5) is 12.4. The molecule has 0 N–H and O–H groups in total. The molecule has 1 saturated carbocycles. The minimum atomic E-state index is -1.91. The van der Waals surface area contributed by atoms with Crippen molar-refractivity contribution in [3.63, 3.8) is 0 Å². The maximum Gasteiger partial charge on any atom is 0.204 e. The lowest BCUT2D eigenvalue weighted by Crippen LogP contribution is -2.55. The van der Waals surface area contributed by atoms with Crippen LogP contribution in [0.2, 0.25) is 17.6 Å². The zero-order chi connectivity index (χ0) is 18.8. The number of hydrogen-bond acceptors (Lipinski definition) is 3. The highest BCUT2D eigenvalue weighted by Gasteiger charge is 2.52. The molecule has 3 rings (SSSR count). The Hall–Kier alpha value is -0.583. The highest BCUT2D eigenvalue weighted by molar-refractivity contribution is 8.13. The van der Waals surface area contributed by atoms with Gasteiger partial charge in [0.2, 0.25) is 8.32 Å². The zero-order valence-corrected chi connectivity index (χ0v) is 18.6. The van der Waals surface area contributed by atoms with Crippen LogP contribution in [0.25, 0.3) is 0 Å². The molecule has 4 heteroatoms. The van der Waals surface area contributed by atoms with Crippen LogP contribution in [0.5, 0.6) is 0 Å². The molecule has 1 unspecified atom stereocenters. The number of carbonyl (C=O) groups excluding carboxylic acids is 1. The Morgan fingerprint density at radius 1 is 1.15 bits per heavy atom. The van der Waals surface area contributed by atoms with Crippen LogP contribution in [0.3, 0.4) is 0 Å². The maximum atomic E-state index is 12.4. The van der Waals surface area contributed by atoms with Crippen LogP contribution in [0, 0.1) is 5.92 Å². The van der Waals surface area contributed by atoms with Gasteiger partial charge in [-0.05, 0) is 48.1 Å². The van der Waals surface area contributed by atoms with Crippen LogP contribution in [-0.4, -0.2) is 25.8 Å². The number of carbonyl (C=O) groups is 1. The van der Waals surface area contributed by atoms with Gasteiger partial charge in [0.1, 0.15) is 0 Å². The molecule has 1 heterocycles. The summed E-state index contributed by atoms with van der Waals surface area (Å²) < 4.78 is 7.02. The summed E-state index contributed by atoms with van der Waals surface area (Å²) in [5, 5.41) is 0.339. The van der Waals surface area contributed by atoms with Crippen molar-refractivity contribution in [2.24, 2.45) is 5.92 Å². The third kappa shape index (κ3) is 3.83. The molecular formula is C22H34O2SSi. The van der Waals surface area contributed by atoms with E-state index in [4.69, 9.17) is 4.43 Å². The Morgan fingerprint density at radius 2 is 1.81 bits per heavy atom. The largest absolute Gasteiger partial charge is 0.413 e. The molecule has 0 radical (unpaired) electrons. The normalized spacial score (nSPS) is 26.8. The summed E-state index contributed by atoms with van der Waals surface area (Å²) in [5.74, 6) is 0.542. The molecule has 2 fully saturated rings. The van der Waals surface area contributed by atoms with Crippen molar-refractivity contribution in [2.75, 3.05) is 6.26 Å². The minimum absolute atomic E-state index is 0.110. The predicted octanol–water partition coefficient (Wildman–Crippen LogP) is 6.17. The van der Waals surface area contributed by atoms with Crippen molar-refractivity contribution >= 4 is 25.2 Å². The van der Waals surface area contributed by atoms with Gasteiger partial charge in [0.25, 0.3) is 0 Å². The van der Waals surface area contributed by atoms with Crippen molar-refractivity contribution in [1.29, 1.82) is 0 Å². The average Bonchev–Trinajstić information content (AvgIpc) is 2.64. The van der Waals surface area contributed by atoms with Gasteiger partial charge in [0, 0.05) is 11.6 Å². The molecule has 144 valence electrons. The van der Waals surface area contributed by atoms with Gasteiger partial charge in [0.05, 0.1) is 0 Å². The first-order chi connectivity index (χ1) is 12.4. The summed E-state index contributed by atoms with van der Waals surface area (Å²) in [6.07, 6.45) is 8.45.